The zero-order valence-corrected chi connectivity index (χ0v) is 13.6. The molecule has 0 aliphatic carbocycles. The molecule has 1 aliphatic rings. The van der Waals surface area contributed by atoms with Gasteiger partial charge in [-0.05, 0) is 59.3 Å². The molecule has 0 spiro atoms. The molecule has 1 fully saturated rings. The molecule has 1 amide bonds. The van der Waals surface area contributed by atoms with E-state index in [-0.39, 0.29) is 5.91 Å². The molecule has 1 aliphatic heterocycles. The van der Waals surface area contributed by atoms with Crippen molar-refractivity contribution in [2.45, 2.75) is 26.2 Å². The second-order valence-corrected chi connectivity index (χ2v) is 6.72. The second-order valence-electron chi connectivity index (χ2n) is 4.95. The van der Waals surface area contributed by atoms with Gasteiger partial charge in [0.05, 0.1) is 5.56 Å². The summed E-state index contributed by atoms with van der Waals surface area (Å²) in [6.07, 6.45) is 3.44. The quantitative estimate of drug-likeness (QED) is 0.709. The maximum atomic E-state index is 12.5. The molecule has 0 radical (unpaired) electrons. The van der Waals surface area contributed by atoms with Crippen LogP contribution in [0.15, 0.2) is 27.1 Å². The van der Waals surface area contributed by atoms with E-state index >= 15 is 0 Å². The van der Waals surface area contributed by atoms with Crippen LogP contribution in [0.25, 0.3) is 0 Å². The Balaban J connectivity index is 2.17. The lowest BCUT2D eigenvalue weighted by molar-refractivity contribution is 0.0759. The highest BCUT2D eigenvalue weighted by Crippen LogP contribution is 2.25. The summed E-state index contributed by atoms with van der Waals surface area (Å²) in [5, 5.41) is 0. The molecule has 98 valence electrons. The fraction of sp³-hybridized carbons (Fsp3) is 0.500. The first kappa shape index (κ1) is 14.1. The zero-order valence-electron chi connectivity index (χ0n) is 10.5. The Labute approximate surface area is 125 Å². The lowest BCUT2D eigenvalue weighted by Gasteiger charge is -2.21. The second kappa shape index (κ2) is 6.20. The minimum absolute atomic E-state index is 0.136. The molecule has 18 heavy (non-hydrogen) atoms. The number of carbonyl (C=O) groups excluding carboxylic acids is 1. The van der Waals surface area contributed by atoms with E-state index in [1.807, 2.05) is 23.1 Å². The normalized spacial score (nSPS) is 20.6. The van der Waals surface area contributed by atoms with Crippen molar-refractivity contribution >= 4 is 37.8 Å². The van der Waals surface area contributed by atoms with Gasteiger partial charge in [-0.15, -0.1) is 0 Å². The highest BCUT2D eigenvalue weighted by Gasteiger charge is 2.21. The summed E-state index contributed by atoms with van der Waals surface area (Å²) >= 11 is 6.88. The van der Waals surface area contributed by atoms with Gasteiger partial charge >= 0.3 is 0 Å². The molecule has 1 aromatic carbocycles. The molecule has 4 heteroatoms. The van der Waals surface area contributed by atoms with Crippen LogP contribution in [0.4, 0.5) is 0 Å². The van der Waals surface area contributed by atoms with E-state index in [1.165, 1.54) is 6.42 Å². The summed E-state index contributed by atoms with van der Waals surface area (Å²) in [5.41, 5.74) is 0.749. The molecule has 0 aromatic heterocycles. The summed E-state index contributed by atoms with van der Waals surface area (Å²) in [6, 6.07) is 5.74. The van der Waals surface area contributed by atoms with Gasteiger partial charge in [-0.3, -0.25) is 4.79 Å². The fourth-order valence-electron chi connectivity index (χ4n) is 2.30. The van der Waals surface area contributed by atoms with Crippen molar-refractivity contribution in [3.05, 3.63) is 32.7 Å². The van der Waals surface area contributed by atoms with Crippen molar-refractivity contribution in [3.63, 3.8) is 0 Å². The number of nitrogens with zero attached hydrogens (tertiary/aromatic N) is 1. The van der Waals surface area contributed by atoms with Gasteiger partial charge in [-0.1, -0.05) is 22.9 Å². The van der Waals surface area contributed by atoms with Gasteiger partial charge in [0.2, 0.25) is 0 Å². The standard InChI is InChI=1S/C14H17Br2NO/c1-10-3-2-7-17(8-6-10)14(18)12-9-11(15)4-5-13(12)16/h4-5,9-10H,2-3,6-8H2,1H3. The van der Waals surface area contributed by atoms with Crippen LogP contribution >= 0.6 is 31.9 Å². The molecular weight excluding hydrogens is 358 g/mol. The van der Waals surface area contributed by atoms with Crippen LogP contribution in [0.3, 0.4) is 0 Å². The monoisotopic (exact) mass is 373 g/mol. The predicted molar refractivity (Wildman–Crippen MR) is 80.8 cm³/mol. The third kappa shape index (κ3) is 3.35. The minimum Gasteiger partial charge on any atom is -0.339 e. The van der Waals surface area contributed by atoms with E-state index in [2.05, 4.69) is 38.8 Å². The van der Waals surface area contributed by atoms with Crippen LogP contribution in [0, 0.1) is 5.92 Å². The molecule has 2 rings (SSSR count). The van der Waals surface area contributed by atoms with Crippen LogP contribution in [-0.2, 0) is 0 Å². The summed E-state index contributed by atoms with van der Waals surface area (Å²) in [4.78, 5) is 14.5. The van der Waals surface area contributed by atoms with Gasteiger partial charge in [-0.25, -0.2) is 0 Å². The van der Waals surface area contributed by atoms with Crippen LogP contribution in [0.1, 0.15) is 36.5 Å². The zero-order chi connectivity index (χ0) is 13.1. The van der Waals surface area contributed by atoms with Gasteiger partial charge in [0.25, 0.3) is 5.91 Å². The summed E-state index contributed by atoms with van der Waals surface area (Å²) in [5.74, 6) is 0.867. The number of hydrogen-bond donors (Lipinski definition) is 0. The van der Waals surface area contributed by atoms with E-state index < -0.39 is 0 Å². The third-order valence-electron chi connectivity index (χ3n) is 3.46. The first-order valence-corrected chi connectivity index (χ1v) is 7.91. The highest BCUT2D eigenvalue weighted by atomic mass is 79.9. The maximum absolute atomic E-state index is 12.5. The van der Waals surface area contributed by atoms with Crippen molar-refractivity contribution in [2.24, 2.45) is 5.92 Å². The third-order valence-corrected chi connectivity index (χ3v) is 4.65. The van der Waals surface area contributed by atoms with Gasteiger partial charge < -0.3 is 4.90 Å². The maximum Gasteiger partial charge on any atom is 0.255 e. The lowest BCUT2D eigenvalue weighted by atomic mass is 10.0. The van der Waals surface area contributed by atoms with Gasteiger partial charge in [0.15, 0.2) is 0 Å². The van der Waals surface area contributed by atoms with E-state index in [9.17, 15) is 4.79 Å². The average Bonchev–Trinajstić information content (AvgIpc) is 2.56. The summed E-state index contributed by atoms with van der Waals surface area (Å²) in [7, 11) is 0. The molecular formula is C14H17Br2NO. The van der Waals surface area contributed by atoms with Crippen LogP contribution in [-0.4, -0.2) is 23.9 Å². The summed E-state index contributed by atoms with van der Waals surface area (Å²) in [6.45, 7) is 4.02. The molecule has 0 bridgehead atoms. The lowest BCUT2D eigenvalue weighted by Crippen LogP contribution is -2.32. The Morgan fingerprint density at radius 2 is 2.06 bits per heavy atom. The Kier molecular flexibility index (Phi) is 4.84. The topological polar surface area (TPSA) is 20.3 Å². The van der Waals surface area contributed by atoms with E-state index in [1.54, 1.807) is 0 Å². The fourth-order valence-corrected chi connectivity index (χ4v) is 3.08. The molecule has 0 saturated carbocycles. The van der Waals surface area contributed by atoms with Gasteiger partial charge in [0, 0.05) is 22.0 Å². The Morgan fingerprint density at radius 3 is 2.83 bits per heavy atom. The van der Waals surface area contributed by atoms with Crippen molar-refractivity contribution in [2.75, 3.05) is 13.1 Å². The average molecular weight is 375 g/mol. The van der Waals surface area contributed by atoms with Crippen molar-refractivity contribution in [1.82, 2.24) is 4.90 Å². The molecule has 0 N–H and O–H groups in total. The number of rotatable bonds is 1. The van der Waals surface area contributed by atoms with Crippen molar-refractivity contribution in [1.29, 1.82) is 0 Å². The van der Waals surface area contributed by atoms with E-state index in [4.69, 9.17) is 0 Å². The van der Waals surface area contributed by atoms with E-state index in [0.717, 1.165) is 46.4 Å². The number of amides is 1. The predicted octanol–water partition coefficient (Wildman–Crippen LogP) is 4.47. The molecule has 1 atom stereocenters. The number of hydrogen-bond acceptors (Lipinski definition) is 1. The molecule has 1 saturated heterocycles. The molecule has 2 nitrogen and oxygen atoms in total. The van der Waals surface area contributed by atoms with E-state index in [0.29, 0.717) is 0 Å². The number of halogens is 2. The smallest absolute Gasteiger partial charge is 0.255 e. The Hall–Kier alpha value is -0.350. The Morgan fingerprint density at radius 1 is 1.28 bits per heavy atom. The molecule has 1 aromatic rings. The molecule has 1 unspecified atom stereocenters. The largest absolute Gasteiger partial charge is 0.339 e. The van der Waals surface area contributed by atoms with Crippen molar-refractivity contribution in [3.8, 4) is 0 Å². The molecule has 1 heterocycles. The summed E-state index contributed by atoms with van der Waals surface area (Å²) < 4.78 is 1.81. The highest BCUT2D eigenvalue weighted by molar-refractivity contribution is 9.11. The first-order chi connectivity index (χ1) is 8.58. The van der Waals surface area contributed by atoms with Crippen LogP contribution in [0.5, 0.6) is 0 Å². The SMILES string of the molecule is CC1CCCN(C(=O)c2cc(Br)ccc2Br)CC1. The van der Waals surface area contributed by atoms with Crippen molar-refractivity contribution < 1.29 is 4.79 Å². The Bertz CT molecular complexity index is 447. The first-order valence-electron chi connectivity index (χ1n) is 6.32. The number of likely N-dealkylation sites (tertiary alicyclic amines) is 1. The number of benzene rings is 1. The minimum atomic E-state index is 0.136. The van der Waals surface area contributed by atoms with Crippen LogP contribution in [0.2, 0.25) is 0 Å². The number of carbonyl (C=O) groups is 1. The van der Waals surface area contributed by atoms with Gasteiger partial charge in [0.1, 0.15) is 0 Å². The van der Waals surface area contributed by atoms with Crippen LogP contribution < -0.4 is 0 Å². The van der Waals surface area contributed by atoms with Gasteiger partial charge in [-0.2, -0.15) is 0 Å².